The van der Waals surface area contributed by atoms with Crippen LogP contribution in [0.4, 0.5) is 10.5 Å². The van der Waals surface area contributed by atoms with Gasteiger partial charge in [0.25, 0.3) is 0 Å². The van der Waals surface area contributed by atoms with E-state index in [0.717, 1.165) is 5.56 Å². The molecule has 0 heterocycles. The monoisotopic (exact) mass is 388 g/mol. The highest BCUT2D eigenvalue weighted by Crippen LogP contribution is 2.38. The fourth-order valence-corrected chi connectivity index (χ4v) is 2.62. The molecule has 0 aliphatic heterocycles. The van der Waals surface area contributed by atoms with E-state index in [9.17, 15) is 9.59 Å². The van der Waals surface area contributed by atoms with Crippen LogP contribution in [-0.2, 0) is 11.2 Å². The minimum atomic E-state index is -0.466. The van der Waals surface area contributed by atoms with Gasteiger partial charge in [0.1, 0.15) is 0 Å². The van der Waals surface area contributed by atoms with E-state index in [-0.39, 0.29) is 6.03 Å². The molecule has 0 saturated carbocycles. The molecule has 0 aromatic heterocycles. The van der Waals surface area contributed by atoms with Crippen molar-refractivity contribution in [3.05, 3.63) is 47.5 Å². The Morgan fingerprint density at radius 3 is 2.18 bits per heavy atom. The van der Waals surface area contributed by atoms with Crippen LogP contribution in [0.25, 0.3) is 0 Å². The number of carbonyl (C=O) groups is 2. The molecule has 2 N–H and O–H groups in total. The van der Waals surface area contributed by atoms with Crippen LogP contribution < -0.4 is 24.8 Å². The molecule has 8 nitrogen and oxygen atoms in total. The summed E-state index contributed by atoms with van der Waals surface area (Å²) >= 11 is 0. The van der Waals surface area contributed by atoms with Gasteiger partial charge >= 0.3 is 12.0 Å². The summed E-state index contributed by atoms with van der Waals surface area (Å²) in [7, 11) is 5.95. The summed E-state index contributed by atoms with van der Waals surface area (Å²) in [5, 5.41) is 5.45. The number of anilines is 1. The quantitative estimate of drug-likeness (QED) is 0.675. The summed E-state index contributed by atoms with van der Waals surface area (Å²) in [6.45, 7) is 0.390. The van der Waals surface area contributed by atoms with Gasteiger partial charge in [-0.1, -0.05) is 6.07 Å². The second kappa shape index (κ2) is 10.1. The lowest BCUT2D eigenvalue weighted by molar-refractivity contribution is 0.0600. The largest absolute Gasteiger partial charge is 0.493 e. The normalized spacial score (nSPS) is 10.0. The number of ether oxygens (including phenoxy) is 4. The van der Waals surface area contributed by atoms with Crippen molar-refractivity contribution >= 4 is 17.7 Å². The zero-order valence-corrected chi connectivity index (χ0v) is 16.3. The van der Waals surface area contributed by atoms with E-state index in [1.807, 2.05) is 12.1 Å². The van der Waals surface area contributed by atoms with Gasteiger partial charge in [0.05, 0.1) is 34.0 Å². The zero-order valence-electron chi connectivity index (χ0n) is 16.3. The Labute approximate surface area is 163 Å². The molecular formula is C20H24N2O6. The Kier molecular flexibility index (Phi) is 7.50. The van der Waals surface area contributed by atoms with Crippen molar-refractivity contribution in [3.8, 4) is 17.2 Å². The lowest BCUT2D eigenvalue weighted by Gasteiger charge is -2.14. The second-order valence-corrected chi connectivity index (χ2v) is 5.74. The number of methoxy groups -OCH3 is 4. The zero-order chi connectivity index (χ0) is 20.5. The molecule has 0 saturated heterocycles. The van der Waals surface area contributed by atoms with Gasteiger partial charge in [0.2, 0.25) is 5.75 Å². The molecule has 28 heavy (non-hydrogen) atoms. The van der Waals surface area contributed by atoms with Crippen LogP contribution >= 0.6 is 0 Å². The molecule has 2 rings (SSSR count). The molecule has 0 fully saturated rings. The van der Waals surface area contributed by atoms with Crippen LogP contribution in [0.2, 0.25) is 0 Å². The maximum absolute atomic E-state index is 12.1. The summed E-state index contributed by atoms with van der Waals surface area (Å²) in [6, 6.07) is 9.79. The van der Waals surface area contributed by atoms with Crippen molar-refractivity contribution in [3.63, 3.8) is 0 Å². The standard InChI is InChI=1S/C20H24N2O6/c1-25-16-10-13(11-17(26-2)18(16)27-3)8-9-21-20(24)22-15-7-5-6-14(12-15)19(23)28-4/h5-7,10-12H,8-9H2,1-4H3,(H2,21,22,24). The van der Waals surface area contributed by atoms with E-state index in [1.54, 1.807) is 45.6 Å². The number of rotatable bonds is 8. The Morgan fingerprint density at radius 2 is 1.61 bits per heavy atom. The van der Waals surface area contributed by atoms with E-state index < -0.39 is 5.97 Å². The first kappa shape index (κ1) is 20.9. The van der Waals surface area contributed by atoms with E-state index in [1.165, 1.54) is 7.11 Å². The van der Waals surface area contributed by atoms with Crippen LogP contribution in [-0.4, -0.2) is 47.0 Å². The highest BCUT2D eigenvalue weighted by Gasteiger charge is 2.13. The van der Waals surface area contributed by atoms with Crippen molar-refractivity contribution in [2.24, 2.45) is 0 Å². The second-order valence-electron chi connectivity index (χ2n) is 5.74. The Morgan fingerprint density at radius 1 is 0.929 bits per heavy atom. The number of benzene rings is 2. The third-order valence-electron chi connectivity index (χ3n) is 3.97. The third-order valence-corrected chi connectivity index (χ3v) is 3.97. The number of hydrogen-bond acceptors (Lipinski definition) is 6. The Bertz CT molecular complexity index is 812. The van der Waals surface area contributed by atoms with Gasteiger partial charge in [-0.05, 0) is 42.3 Å². The SMILES string of the molecule is COC(=O)c1cccc(NC(=O)NCCc2cc(OC)c(OC)c(OC)c2)c1. The summed E-state index contributed by atoms with van der Waals surface area (Å²) in [6.07, 6.45) is 0.562. The molecule has 0 aliphatic rings. The van der Waals surface area contributed by atoms with Crippen LogP contribution in [0.5, 0.6) is 17.2 Å². The summed E-state index contributed by atoms with van der Waals surface area (Å²) in [4.78, 5) is 23.6. The van der Waals surface area contributed by atoms with Gasteiger partial charge in [0.15, 0.2) is 11.5 Å². The molecule has 2 aromatic rings. The van der Waals surface area contributed by atoms with Crippen molar-refractivity contribution < 1.29 is 28.5 Å². The van der Waals surface area contributed by atoms with Crippen molar-refractivity contribution in [1.29, 1.82) is 0 Å². The topological polar surface area (TPSA) is 95.1 Å². The summed E-state index contributed by atoms with van der Waals surface area (Å²) < 4.78 is 20.6. The summed E-state index contributed by atoms with van der Waals surface area (Å²) in [5.74, 6) is 1.17. The van der Waals surface area contributed by atoms with E-state index in [4.69, 9.17) is 14.2 Å². The molecule has 150 valence electrons. The number of esters is 1. The van der Waals surface area contributed by atoms with Gasteiger partial charge in [0, 0.05) is 12.2 Å². The van der Waals surface area contributed by atoms with Crippen LogP contribution in [0.3, 0.4) is 0 Å². The van der Waals surface area contributed by atoms with Gasteiger partial charge < -0.3 is 29.6 Å². The molecule has 0 bridgehead atoms. The van der Waals surface area contributed by atoms with Gasteiger partial charge in [-0.15, -0.1) is 0 Å². The first-order chi connectivity index (χ1) is 13.5. The smallest absolute Gasteiger partial charge is 0.337 e. The number of carbonyl (C=O) groups excluding carboxylic acids is 2. The van der Waals surface area contributed by atoms with E-state index in [0.29, 0.717) is 41.5 Å². The van der Waals surface area contributed by atoms with Gasteiger partial charge in [-0.3, -0.25) is 0 Å². The lowest BCUT2D eigenvalue weighted by atomic mass is 10.1. The van der Waals surface area contributed by atoms with Crippen molar-refractivity contribution in [2.75, 3.05) is 40.3 Å². The average molecular weight is 388 g/mol. The summed E-state index contributed by atoms with van der Waals surface area (Å²) in [5.41, 5.74) is 1.77. The van der Waals surface area contributed by atoms with Crippen molar-refractivity contribution in [2.45, 2.75) is 6.42 Å². The molecule has 0 aliphatic carbocycles. The first-order valence-electron chi connectivity index (χ1n) is 8.54. The fraction of sp³-hybridized carbons (Fsp3) is 0.300. The molecule has 0 radical (unpaired) electrons. The van der Waals surface area contributed by atoms with E-state index >= 15 is 0 Å². The number of urea groups is 1. The third kappa shape index (κ3) is 5.29. The Balaban J connectivity index is 1.94. The minimum Gasteiger partial charge on any atom is -0.493 e. The average Bonchev–Trinajstić information content (AvgIpc) is 2.72. The fourth-order valence-electron chi connectivity index (χ4n) is 2.62. The minimum absolute atomic E-state index is 0.359. The number of hydrogen-bond donors (Lipinski definition) is 2. The molecule has 0 spiro atoms. The molecular weight excluding hydrogens is 364 g/mol. The molecule has 2 amide bonds. The van der Waals surface area contributed by atoms with Crippen LogP contribution in [0.1, 0.15) is 15.9 Å². The highest BCUT2D eigenvalue weighted by atomic mass is 16.5. The van der Waals surface area contributed by atoms with Crippen LogP contribution in [0.15, 0.2) is 36.4 Å². The highest BCUT2D eigenvalue weighted by molar-refractivity contribution is 5.93. The maximum Gasteiger partial charge on any atom is 0.337 e. The van der Waals surface area contributed by atoms with E-state index in [2.05, 4.69) is 15.4 Å². The number of nitrogens with one attached hydrogen (secondary N) is 2. The molecule has 2 aromatic carbocycles. The predicted octanol–water partition coefficient (Wildman–Crippen LogP) is 2.86. The lowest BCUT2D eigenvalue weighted by Crippen LogP contribution is -2.30. The predicted molar refractivity (Wildman–Crippen MR) is 105 cm³/mol. The van der Waals surface area contributed by atoms with Crippen molar-refractivity contribution in [1.82, 2.24) is 5.32 Å². The van der Waals surface area contributed by atoms with Crippen LogP contribution in [0, 0.1) is 0 Å². The maximum atomic E-state index is 12.1. The molecule has 0 atom stereocenters. The number of amides is 2. The molecule has 8 heteroatoms. The Hall–Kier alpha value is -3.42. The van der Waals surface area contributed by atoms with Gasteiger partial charge in [-0.2, -0.15) is 0 Å². The first-order valence-corrected chi connectivity index (χ1v) is 8.54. The van der Waals surface area contributed by atoms with Gasteiger partial charge in [-0.25, -0.2) is 9.59 Å². The molecule has 0 unspecified atom stereocenters.